The highest BCUT2D eigenvalue weighted by atomic mass is 19.1. The van der Waals surface area contributed by atoms with Crippen LogP contribution in [0.2, 0.25) is 0 Å². The highest BCUT2D eigenvalue weighted by Gasteiger charge is 2.33. The molecule has 0 aromatic heterocycles. The van der Waals surface area contributed by atoms with E-state index in [0.717, 1.165) is 12.8 Å². The van der Waals surface area contributed by atoms with Crippen LogP contribution in [0.5, 0.6) is 0 Å². The van der Waals surface area contributed by atoms with Gasteiger partial charge in [0.2, 0.25) is 0 Å². The van der Waals surface area contributed by atoms with Crippen LogP contribution in [0, 0.1) is 5.82 Å². The fraction of sp³-hybridized carbons (Fsp3) is 0.500. The summed E-state index contributed by atoms with van der Waals surface area (Å²) in [6.45, 7) is 1.03. The second kappa shape index (κ2) is 6.02. The number of nitrogens with zero attached hydrogens (tertiary/aromatic N) is 1. The predicted octanol–water partition coefficient (Wildman–Crippen LogP) is 2.12. The van der Waals surface area contributed by atoms with Gasteiger partial charge in [0.15, 0.2) is 0 Å². The van der Waals surface area contributed by atoms with Gasteiger partial charge in [0.1, 0.15) is 5.82 Å². The Hall–Kier alpha value is -1.62. The van der Waals surface area contributed by atoms with Gasteiger partial charge in [-0.05, 0) is 25.0 Å². The summed E-state index contributed by atoms with van der Waals surface area (Å²) in [7, 11) is 3.22. The van der Waals surface area contributed by atoms with Crippen molar-refractivity contribution >= 4 is 11.6 Å². The Balaban J connectivity index is 2.23. The van der Waals surface area contributed by atoms with E-state index in [9.17, 15) is 9.18 Å². The molecule has 0 spiro atoms. The van der Waals surface area contributed by atoms with Crippen molar-refractivity contribution in [1.29, 1.82) is 0 Å². The zero-order valence-corrected chi connectivity index (χ0v) is 11.3. The SMILES string of the molecule is CNc1c(F)cccc1C(=O)N(CCOC)C1CC1. The predicted molar refractivity (Wildman–Crippen MR) is 71.9 cm³/mol. The van der Waals surface area contributed by atoms with E-state index in [2.05, 4.69) is 5.32 Å². The molecule has 1 aliphatic rings. The van der Waals surface area contributed by atoms with Crippen LogP contribution in [-0.4, -0.2) is 44.2 Å². The number of methoxy groups -OCH3 is 1. The third-order valence-electron chi connectivity index (χ3n) is 3.28. The minimum absolute atomic E-state index is 0.136. The van der Waals surface area contributed by atoms with Crippen LogP contribution in [-0.2, 0) is 4.74 Å². The number of hydrogen-bond acceptors (Lipinski definition) is 3. The number of hydrogen-bond donors (Lipinski definition) is 1. The maximum absolute atomic E-state index is 13.7. The van der Waals surface area contributed by atoms with Crippen molar-refractivity contribution in [3.8, 4) is 0 Å². The zero-order valence-electron chi connectivity index (χ0n) is 11.3. The van der Waals surface area contributed by atoms with Crippen LogP contribution in [0.25, 0.3) is 0 Å². The van der Waals surface area contributed by atoms with Crippen LogP contribution in [0.4, 0.5) is 10.1 Å². The fourth-order valence-corrected chi connectivity index (χ4v) is 2.14. The van der Waals surface area contributed by atoms with Crippen LogP contribution in [0.3, 0.4) is 0 Å². The smallest absolute Gasteiger partial charge is 0.256 e. The van der Waals surface area contributed by atoms with Gasteiger partial charge in [0.05, 0.1) is 17.9 Å². The number of anilines is 1. The normalized spacial score (nSPS) is 14.3. The van der Waals surface area contributed by atoms with Gasteiger partial charge in [-0.3, -0.25) is 4.79 Å². The lowest BCUT2D eigenvalue weighted by Gasteiger charge is -2.23. The summed E-state index contributed by atoms with van der Waals surface area (Å²) < 4.78 is 18.7. The van der Waals surface area contributed by atoms with Gasteiger partial charge in [0, 0.05) is 26.7 Å². The molecule has 1 aromatic carbocycles. The molecule has 1 saturated carbocycles. The first-order valence-corrected chi connectivity index (χ1v) is 6.45. The van der Waals surface area contributed by atoms with Crippen molar-refractivity contribution in [3.05, 3.63) is 29.6 Å². The van der Waals surface area contributed by atoms with E-state index in [4.69, 9.17) is 4.74 Å². The Morgan fingerprint density at radius 2 is 2.26 bits per heavy atom. The first-order valence-electron chi connectivity index (χ1n) is 6.45. The second-order valence-corrected chi connectivity index (χ2v) is 4.63. The van der Waals surface area contributed by atoms with Crippen molar-refractivity contribution in [1.82, 2.24) is 4.90 Å². The molecule has 104 valence electrons. The molecule has 19 heavy (non-hydrogen) atoms. The van der Waals surface area contributed by atoms with E-state index in [-0.39, 0.29) is 17.6 Å². The topological polar surface area (TPSA) is 41.6 Å². The molecule has 0 unspecified atom stereocenters. The zero-order chi connectivity index (χ0) is 13.8. The highest BCUT2D eigenvalue weighted by Crippen LogP contribution is 2.30. The summed E-state index contributed by atoms with van der Waals surface area (Å²) >= 11 is 0. The lowest BCUT2D eigenvalue weighted by molar-refractivity contribution is 0.0680. The summed E-state index contributed by atoms with van der Waals surface area (Å²) in [4.78, 5) is 14.3. The van der Waals surface area contributed by atoms with E-state index in [1.54, 1.807) is 31.2 Å². The van der Waals surface area contributed by atoms with Gasteiger partial charge in [-0.1, -0.05) is 6.07 Å². The Bertz CT molecular complexity index is 461. The molecule has 0 aliphatic heterocycles. The molecule has 1 N–H and O–H groups in total. The maximum atomic E-state index is 13.7. The van der Waals surface area contributed by atoms with Crippen molar-refractivity contribution in [2.24, 2.45) is 0 Å². The number of carbonyl (C=O) groups excluding carboxylic acids is 1. The minimum Gasteiger partial charge on any atom is -0.385 e. The number of nitrogens with one attached hydrogen (secondary N) is 1. The summed E-state index contributed by atoms with van der Waals surface area (Å²) in [6.07, 6.45) is 2.03. The number of benzene rings is 1. The number of ether oxygens (including phenoxy) is 1. The van der Waals surface area contributed by atoms with Gasteiger partial charge in [-0.25, -0.2) is 4.39 Å². The van der Waals surface area contributed by atoms with Crippen LogP contribution >= 0.6 is 0 Å². The number of rotatable bonds is 6. The number of amides is 1. The monoisotopic (exact) mass is 266 g/mol. The molecule has 1 amide bonds. The third kappa shape index (κ3) is 3.04. The van der Waals surface area contributed by atoms with E-state index >= 15 is 0 Å². The molecule has 1 aromatic rings. The van der Waals surface area contributed by atoms with Crippen LogP contribution in [0.15, 0.2) is 18.2 Å². The molecule has 1 aliphatic carbocycles. The Morgan fingerprint density at radius 3 is 2.84 bits per heavy atom. The molecule has 0 heterocycles. The molecule has 2 rings (SSSR count). The quantitative estimate of drug-likeness (QED) is 0.857. The molecule has 0 bridgehead atoms. The average molecular weight is 266 g/mol. The van der Waals surface area contributed by atoms with E-state index < -0.39 is 5.82 Å². The number of halogens is 1. The molecule has 4 nitrogen and oxygen atoms in total. The average Bonchev–Trinajstić information content (AvgIpc) is 3.23. The van der Waals surface area contributed by atoms with Crippen LogP contribution < -0.4 is 5.32 Å². The minimum atomic E-state index is -0.407. The molecule has 0 saturated heterocycles. The van der Waals surface area contributed by atoms with E-state index in [1.165, 1.54) is 6.07 Å². The molecular weight excluding hydrogens is 247 g/mol. The summed E-state index contributed by atoms with van der Waals surface area (Å²) in [6, 6.07) is 4.83. The summed E-state index contributed by atoms with van der Waals surface area (Å²) in [5.74, 6) is -0.542. The highest BCUT2D eigenvalue weighted by molar-refractivity contribution is 6.00. The lowest BCUT2D eigenvalue weighted by Crippen LogP contribution is -2.36. The summed E-state index contributed by atoms with van der Waals surface area (Å²) in [5.41, 5.74) is 0.640. The van der Waals surface area contributed by atoms with Gasteiger partial charge >= 0.3 is 0 Å². The van der Waals surface area contributed by atoms with E-state index in [1.807, 2.05) is 0 Å². The lowest BCUT2D eigenvalue weighted by atomic mass is 10.1. The molecular formula is C14H19FN2O2. The Kier molecular flexibility index (Phi) is 4.37. The van der Waals surface area contributed by atoms with Crippen molar-refractivity contribution < 1.29 is 13.9 Å². The van der Waals surface area contributed by atoms with Crippen molar-refractivity contribution in [2.45, 2.75) is 18.9 Å². The first-order chi connectivity index (χ1) is 9.19. The summed E-state index contributed by atoms with van der Waals surface area (Å²) in [5, 5.41) is 2.76. The van der Waals surface area contributed by atoms with Crippen molar-refractivity contribution in [2.75, 3.05) is 32.6 Å². The Morgan fingerprint density at radius 1 is 1.53 bits per heavy atom. The largest absolute Gasteiger partial charge is 0.385 e. The van der Waals surface area contributed by atoms with E-state index in [0.29, 0.717) is 18.7 Å². The molecule has 1 fully saturated rings. The van der Waals surface area contributed by atoms with Gasteiger partial charge in [0.25, 0.3) is 5.91 Å². The van der Waals surface area contributed by atoms with Crippen molar-refractivity contribution in [3.63, 3.8) is 0 Å². The molecule has 0 radical (unpaired) electrons. The number of para-hydroxylation sites is 1. The fourth-order valence-electron chi connectivity index (χ4n) is 2.14. The third-order valence-corrected chi connectivity index (χ3v) is 3.28. The maximum Gasteiger partial charge on any atom is 0.256 e. The van der Waals surface area contributed by atoms with Gasteiger partial charge in [-0.2, -0.15) is 0 Å². The first kappa shape index (κ1) is 13.8. The van der Waals surface area contributed by atoms with Gasteiger partial charge < -0.3 is 15.0 Å². The van der Waals surface area contributed by atoms with Crippen LogP contribution in [0.1, 0.15) is 23.2 Å². The molecule has 0 atom stereocenters. The number of carbonyl (C=O) groups is 1. The van der Waals surface area contributed by atoms with Gasteiger partial charge in [-0.15, -0.1) is 0 Å². The molecule has 5 heteroatoms. The second-order valence-electron chi connectivity index (χ2n) is 4.63. The Labute approximate surface area is 112 Å². The standard InChI is InChI=1S/C14H19FN2O2/c1-16-13-11(4-3-5-12(13)15)14(18)17(8-9-19-2)10-6-7-10/h3-5,10,16H,6-9H2,1-2H3.